The lowest BCUT2D eigenvalue weighted by molar-refractivity contribution is 0.300. The normalized spacial score (nSPS) is 9.71. The standard InChI is InChI=1S/C16H16N4OS.C16H17NOS.C15H14N4OS.C14H11ClN4OS/c1-11-3-6-14(7-4-11)18-16(22)21-10-13-9-12(2)5-8-15(13)19-20-17;1-12-3-7-14(8-4-12)11-18-16(19)17-15-9-5-13(2)6-10-15;1-11-6-8-13(9-7-11)17-15(21)20-10-12-4-2-3-5-14(12)18-19-16;15-11-5-7-12(8-6-11)17-14(21)20-9-10-3-1-2-4-13(10)18-19-16/h3-9H,10H2,1-2H3,(H,18,22);3-10H,11H2,1-2H3,(H,17,19);2-9H,10H2,1H3,(H,17,21);1-8H,9H2,(H,17,21). The lowest BCUT2D eigenvalue weighted by Gasteiger charge is -2.12. The van der Waals surface area contributed by atoms with Crippen molar-refractivity contribution in [3.05, 3.63) is 274 Å². The number of benzene rings is 8. The van der Waals surface area contributed by atoms with Crippen molar-refractivity contribution in [2.75, 3.05) is 21.3 Å². The topological polar surface area (TPSA) is 231 Å². The van der Waals surface area contributed by atoms with Gasteiger partial charge in [-0.05, 0) is 183 Å². The van der Waals surface area contributed by atoms with Gasteiger partial charge in [0.25, 0.3) is 20.7 Å². The summed E-state index contributed by atoms with van der Waals surface area (Å²) in [5.41, 5.74) is 40.0. The van der Waals surface area contributed by atoms with Crippen LogP contribution in [-0.2, 0) is 45.4 Å². The number of anilines is 4. The quantitative estimate of drug-likeness (QED) is 0.0325. The third-order valence-electron chi connectivity index (χ3n) is 11.2. The second-order valence-electron chi connectivity index (χ2n) is 17.9. The number of nitrogens with zero attached hydrogens (tertiary/aromatic N) is 9. The Bertz CT molecular complexity index is 3460. The average Bonchev–Trinajstić information content (AvgIpc) is 3.48. The summed E-state index contributed by atoms with van der Waals surface area (Å²) < 4.78 is 22.0. The van der Waals surface area contributed by atoms with Crippen molar-refractivity contribution in [2.45, 2.75) is 61.0 Å². The van der Waals surface area contributed by atoms with Gasteiger partial charge in [-0.25, -0.2) is 0 Å². The first-order chi connectivity index (χ1) is 40.1. The largest absolute Gasteiger partial charge is 0.466 e. The Balaban J connectivity index is 0.000000203. The zero-order valence-electron chi connectivity index (χ0n) is 45.9. The van der Waals surface area contributed by atoms with E-state index in [0.29, 0.717) is 33.9 Å². The Kier molecular flexibility index (Phi) is 27.6. The first-order valence-electron chi connectivity index (χ1n) is 25.3. The maximum atomic E-state index is 8.59. The van der Waals surface area contributed by atoms with E-state index in [0.717, 1.165) is 50.6 Å². The van der Waals surface area contributed by atoms with Crippen molar-refractivity contribution in [1.29, 1.82) is 0 Å². The average molecular weight is 1200 g/mol. The summed E-state index contributed by atoms with van der Waals surface area (Å²) in [7, 11) is 0. The number of aryl methyl sites for hydroxylation is 5. The molecule has 0 saturated carbocycles. The molecule has 8 rings (SSSR count). The van der Waals surface area contributed by atoms with E-state index in [2.05, 4.69) is 77.3 Å². The third-order valence-corrected chi connectivity index (χ3v) is 12.4. The van der Waals surface area contributed by atoms with E-state index >= 15 is 0 Å². The number of ether oxygens (including phenoxy) is 4. The molecule has 422 valence electrons. The van der Waals surface area contributed by atoms with Crippen LogP contribution in [-0.4, -0.2) is 20.7 Å². The fourth-order valence-electron chi connectivity index (χ4n) is 6.86. The van der Waals surface area contributed by atoms with Crippen LogP contribution < -0.4 is 21.3 Å². The monoisotopic (exact) mass is 1200 g/mol. The molecule has 0 unspecified atom stereocenters. The van der Waals surface area contributed by atoms with Crippen LogP contribution in [0.5, 0.6) is 0 Å². The van der Waals surface area contributed by atoms with Gasteiger partial charge in [0, 0.05) is 59.6 Å². The summed E-state index contributed by atoms with van der Waals surface area (Å²) in [5.74, 6) is 0. The van der Waals surface area contributed by atoms with E-state index in [1.807, 2.05) is 142 Å². The van der Waals surface area contributed by atoms with Crippen LogP contribution in [0.4, 0.5) is 39.8 Å². The molecule has 83 heavy (non-hydrogen) atoms. The maximum Gasteiger partial charge on any atom is 0.261 e. The number of halogens is 1. The first-order valence-corrected chi connectivity index (χ1v) is 27.3. The summed E-state index contributed by atoms with van der Waals surface area (Å²) >= 11 is 26.4. The van der Waals surface area contributed by atoms with Crippen LogP contribution in [0.15, 0.2) is 203 Å². The molecule has 0 atom stereocenters. The molecular formula is C61H58ClN13O4S4. The number of rotatable bonds is 15. The SMILES string of the molecule is Cc1ccc(COC(=S)Nc2ccc(C)cc2)cc1.Cc1ccc(NC(=S)OCc2cc(C)ccc2N=[N+]=[N-])cc1.Cc1ccc(NC(=S)OCc2ccccc2N=[N+]=[N-])cc1.[N-]=[N+]=Nc1ccccc1COC(=S)Nc1ccc(Cl)cc1. The molecule has 8 aromatic rings. The second kappa shape index (κ2) is 35.5. The number of azide groups is 3. The zero-order valence-corrected chi connectivity index (χ0v) is 49.9. The molecule has 17 nitrogen and oxygen atoms in total. The van der Waals surface area contributed by atoms with Gasteiger partial charge in [-0.2, -0.15) is 0 Å². The van der Waals surface area contributed by atoms with Crippen molar-refractivity contribution in [1.82, 2.24) is 0 Å². The Morgan fingerprint density at radius 2 is 0.663 bits per heavy atom. The molecule has 0 fully saturated rings. The van der Waals surface area contributed by atoms with Crippen LogP contribution >= 0.6 is 60.5 Å². The fraction of sp³-hybridized carbons (Fsp3) is 0.148. The third kappa shape index (κ3) is 25.0. The van der Waals surface area contributed by atoms with Crippen molar-refractivity contribution in [3.8, 4) is 0 Å². The molecule has 0 bridgehead atoms. The Labute approximate surface area is 508 Å². The van der Waals surface area contributed by atoms with Gasteiger partial charge in [0.05, 0.1) is 0 Å². The van der Waals surface area contributed by atoms with Gasteiger partial charge in [-0.3, -0.25) is 0 Å². The predicted molar refractivity (Wildman–Crippen MR) is 351 cm³/mol. The van der Waals surface area contributed by atoms with Gasteiger partial charge < -0.3 is 40.2 Å². The minimum atomic E-state index is 0.217. The summed E-state index contributed by atoms with van der Waals surface area (Å²) in [4.78, 5) is 8.39. The summed E-state index contributed by atoms with van der Waals surface area (Å²) in [6.45, 7) is 11.3. The lowest BCUT2D eigenvalue weighted by Crippen LogP contribution is -2.13. The molecule has 0 aromatic heterocycles. The number of nitrogens with one attached hydrogen (secondary N) is 4. The zero-order chi connectivity index (χ0) is 59.8. The smallest absolute Gasteiger partial charge is 0.261 e. The molecule has 0 aliphatic rings. The second-order valence-corrected chi connectivity index (χ2v) is 19.8. The minimum Gasteiger partial charge on any atom is -0.466 e. The van der Waals surface area contributed by atoms with Crippen molar-refractivity contribution < 1.29 is 18.9 Å². The van der Waals surface area contributed by atoms with Crippen LogP contribution in [0.2, 0.25) is 5.02 Å². The van der Waals surface area contributed by atoms with Crippen LogP contribution in [0.3, 0.4) is 0 Å². The molecular weight excluding hydrogens is 1140 g/mol. The summed E-state index contributed by atoms with van der Waals surface area (Å²) in [6, 6.07) is 59.0. The molecule has 0 heterocycles. The van der Waals surface area contributed by atoms with E-state index in [9.17, 15) is 0 Å². The molecule has 4 N–H and O–H groups in total. The first kappa shape index (κ1) is 64.6. The Morgan fingerprint density at radius 3 is 1.02 bits per heavy atom. The van der Waals surface area contributed by atoms with Crippen LogP contribution in [0, 0.1) is 34.6 Å². The Morgan fingerprint density at radius 1 is 0.373 bits per heavy atom. The molecule has 0 amide bonds. The van der Waals surface area contributed by atoms with Gasteiger partial charge in [0.15, 0.2) is 0 Å². The van der Waals surface area contributed by atoms with E-state index in [-0.39, 0.29) is 35.3 Å². The number of thiocarbonyl (C=S) groups is 4. The number of hydrogen-bond donors (Lipinski definition) is 4. The fourth-order valence-corrected chi connectivity index (χ4v) is 7.69. The molecule has 22 heteroatoms. The highest BCUT2D eigenvalue weighted by molar-refractivity contribution is 7.80. The van der Waals surface area contributed by atoms with Crippen LogP contribution in [0.1, 0.15) is 50.1 Å². The van der Waals surface area contributed by atoms with Crippen molar-refractivity contribution in [3.63, 3.8) is 0 Å². The van der Waals surface area contributed by atoms with Gasteiger partial charge in [-0.1, -0.05) is 182 Å². The van der Waals surface area contributed by atoms with Crippen LogP contribution in [0.25, 0.3) is 31.3 Å². The molecule has 8 aromatic carbocycles. The highest BCUT2D eigenvalue weighted by Gasteiger charge is 2.08. The maximum absolute atomic E-state index is 8.59. The summed E-state index contributed by atoms with van der Waals surface area (Å²) in [6.07, 6.45) is 0. The van der Waals surface area contributed by atoms with Crippen molar-refractivity contribution >= 4 is 121 Å². The van der Waals surface area contributed by atoms with Gasteiger partial charge in [0.2, 0.25) is 0 Å². The predicted octanol–water partition coefficient (Wildman–Crippen LogP) is 19.4. The highest BCUT2D eigenvalue weighted by Crippen LogP contribution is 2.24. The van der Waals surface area contributed by atoms with E-state index in [1.54, 1.807) is 54.6 Å². The van der Waals surface area contributed by atoms with E-state index in [4.69, 9.17) is 96.0 Å². The summed E-state index contributed by atoms with van der Waals surface area (Å²) in [5, 5.41) is 24.7. The van der Waals surface area contributed by atoms with Gasteiger partial charge >= 0.3 is 0 Å². The van der Waals surface area contributed by atoms with Gasteiger partial charge in [-0.15, -0.1) is 0 Å². The molecule has 0 spiro atoms. The number of hydrogen-bond acceptors (Lipinski definition) is 11. The molecule has 0 aliphatic heterocycles. The van der Waals surface area contributed by atoms with Gasteiger partial charge in [0.1, 0.15) is 26.4 Å². The Hall–Kier alpha value is -9.26. The minimum absolute atomic E-state index is 0.217. The molecule has 0 saturated heterocycles. The van der Waals surface area contributed by atoms with E-state index in [1.165, 1.54) is 22.3 Å². The highest BCUT2D eigenvalue weighted by atomic mass is 35.5. The molecule has 0 radical (unpaired) electrons. The molecule has 0 aliphatic carbocycles. The van der Waals surface area contributed by atoms with Crippen molar-refractivity contribution in [2.24, 2.45) is 15.3 Å². The lowest BCUT2D eigenvalue weighted by atomic mass is 10.1. The van der Waals surface area contributed by atoms with E-state index < -0.39 is 0 Å².